The second kappa shape index (κ2) is 7.81. The number of aliphatic hydroxyl groups is 1. The van der Waals surface area contributed by atoms with Crippen LogP contribution in [0.25, 0.3) is 0 Å². The molecular weight excluding hydrogens is 172 g/mol. The van der Waals surface area contributed by atoms with Gasteiger partial charge in [-0.25, -0.2) is 0 Å². The molecule has 0 aliphatic carbocycles. The van der Waals surface area contributed by atoms with Crippen LogP contribution in [-0.2, 0) is 0 Å². The zero-order chi connectivity index (χ0) is 11.0. The van der Waals surface area contributed by atoms with Crippen LogP contribution in [0.15, 0.2) is 23.3 Å². The average Bonchev–Trinajstić information content (AvgIpc) is 2.03. The molecule has 0 spiro atoms. The van der Waals surface area contributed by atoms with Gasteiger partial charge in [0.05, 0.1) is 6.10 Å². The van der Waals surface area contributed by atoms with Crippen LogP contribution in [-0.4, -0.2) is 11.2 Å². The maximum atomic E-state index is 9.54. The van der Waals surface area contributed by atoms with E-state index in [0.29, 0.717) is 0 Å². The Morgan fingerprint density at radius 1 is 1.29 bits per heavy atom. The van der Waals surface area contributed by atoms with Gasteiger partial charge >= 0.3 is 0 Å². The zero-order valence-electron chi connectivity index (χ0n) is 10.0. The van der Waals surface area contributed by atoms with Gasteiger partial charge < -0.3 is 5.11 Å². The molecule has 0 saturated carbocycles. The third kappa shape index (κ3) is 8.06. The standard InChI is InChI=1S/C13H24O/c1-5-7-13(14)10-12(4)9-6-8-11(2)3/h8,10,13-14H,5-7,9H2,1-4H3/b12-10+. The molecule has 0 aromatic carbocycles. The van der Waals surface area contributed by atoms with E-state index in [9.17, 15) is 5.11 Å². The molecule has 0 aromatic heterocycles. The van der Waals surface area contributed by atoms with Gasteiger partial charge in [-0.1, -0.05) is 36.6 Å². The molecule has 82 valence electrons. The fourth-order valence-corrected chi connectivity index (χ4v) is 1.38. The Balaban J connectivity index is 3.82. The molecule has 0 saturated heterocycles. The third-order valence-electron chi connectivity index (χ3n) is 2.15. The molecule has 0 rings (SSSR count). The van der Waals surface area contributed by atoms with Gasteiger partial charge in [0.1, 0.15) is 0 Å². The van der Waals surface area contributed by atoms with E-state index in [1.165, 1.54) is 11.1 Å². The summed E-state index contributed by atoms with van der Waals surface area (Å²) in [5.41, 5.74) is 2.66. The van der Waals surface area contributed by atoms with Crippen molar-refractivity contribution in [3.8, 4) is 0 Å². The summed E-state index contributed by atoms with van der Waals surface area (Å²) < 4.78 is 0. The van der Waals surface area contributed by atoms with E-state index in [4.69, 9.17) is 0 Å². The highest BCUT2D eigenvalue weighted by Crippen LogP contribution is 2.09. The van der Waals surface area contributed by atoms with Crippen molar-refractivity contribution in [2.45, 2.75) is 59.5 Å². The minimum atomic E-state index is -0.244. The molecule has 0 radical (unpaired) electrons. The first kappa shape index (κ1) is 13.4. The van der Waals surface area contributed by atoms with Gasteiger partial charge in [-0.2, -0.15) is 0 Å². The Bertz CT molecular complexity index is 197. The lowest BCUT2D eigenvalue weighted by Crippen LogP contribution is -2.01. The fourth-order valence-electron chi connectivity index (χ4n) is 1.38. The van der Waals surface area contributed by atoms with E-state index < -0.39 is 0 Å². The predicted molar refractivity (Wildman–Crippen MR) is 63.3 cm³/mol. The van der Waals surface area contributed by atoms with E-state index >= 15 is 0 Å². The summed E-state index contributed by atoms with van der Waals surface area (Å²) in [6, 6.07) is 0. The molecule has 1 unspecified atom stereocenters. The van der Waals surface area contributed by atoms with E-state index in [1.807, 2.05) is 6.08 Å². The topological polar surface area (TPSA) is 20.2 Å². The normalized spacial score (nSPS) is 13.9. The van der Waals surface area contributed by atoms with E-state index in [0.717, 1.165) is 25.7 Å². The van der Waals surface area contributed by atoms with Crippen LogP contribution >= 0.6 is 0 Å². The van der Waals surface area contributed by atoms with Crippen LogP contribution < -0.4 is 0 Å². The Hall–Kier alpha value is -0.560. The maximum absolute atomic E-state index is 9.54. The van der Waals surface area contributed by atoms with Crippen molar-refractivity contribution >= 4 is 0 Å². The van der Waals surface area contributed by atoms with Crippen molar-refractivity contribution in [1.82, 2.24) is 0 Å². The van der Waals surface area contributed by atoms with Gasteiger partial charge in [-0.05, 0) is 40.0 Å². The molecular formula is C13H24O. The van der Waals surface area contributed by atoms with Crippen LogP contribution in [0.1, 0.15) is 53.4 Å². The van der Waals surface area contributed by atoms with Gasteiger partial charge in [0.2, 0.25) is 0 Å². The number of hydrogen-bond acceptors (Lipinski definition) is 1. The number of allylic oxidation sites excluding steroid dienone is 3. The lowest BCUT2D eigenvalue weighted by molar-refractivity contribution is 0.210. The number of aliphatic hydroxyl groups excluding tert-OH is 1. The quantitative estimate of drug-likeness (QED) is 0.640. The second-order valence-electron chi connectivity index (χ2n) is 4.19. The maximum Gasteiger partial charge on any atom is 0.0723 e. The smallest absolute Gasteiger partial charge is 0.0723 e. The Kier molecular flexibility index (Phi) is 7.50. The van der Waals surface area contributed by atoms with Crippen LogP contribution in [0.2, 0.25) is 0 Å². The summed E-state index contributed by atoms with van der Waals surface area (Å²) in [6.45, 7) is 8.42. The Morgan fingerprint density at radius 3 is 2.43 bits per heavy atom. The van der Waals surface area contributed by atoms with Crippen molar-refractivity contribution in [2.75, 3.05) is 0 Å². The van der Waals surface area contributed by atoms with Crippen LogP contribution in [0.5, 0.6) is 0 Å². The molecule has 0 heterocycles. The first-order valence-corrected chi connectivity index (χ1v) is 5.55. The summed E-state index contributed by atoms with van der Waals surface area (Å²) in [5, 5.41) is 9.54. The molecule has 0 aliphatic heterocycles. The first-order valence-electron chi connectivity index (χ1n) is 5.55. The molecule has 1 heteroatoms. The Morgan fingerprint density at radius 2 is 1.93 bits per heavy atom. The molecule has 0 fully saturated rings. The number of hydrogen-bond donors (Lipinski definition) is 1. The van der Waals surface area contributed by atoms with Gasteiger partial charge in [0.15, 0.2) is 0 Å². The average molecular weight is 196 g/mol. The van der Waals surface area contributed by atoms with Crippen LogP contribution in [0, 0.1) is 0 Å². The van der Waals surface area contributed by atoms with Crippen LogP contribution in [0.3, 0.4) is 0 Å². The van der Waals surface area contributed by atoms with Crippen LogP contribution in [0.4, 0.5) is 0 Å². The summed E-state index contributed by atoms with van der Waals surface area (Å²) in [4.78, 5) is 0. The highest BCUT2D eigenvalue weighted by atomic mass is 16.3. The largest absolute Gasteiger partial charge is 0.389 e. The monoisotopic (exact) mass is 196 g/mol. The lowest BCUT2D eigenvalue weighted by atomic mass is 10.1. The van der Waals surface area contributed by atoms with Gasteiger partial charge in [0.25, 0.3) is 0 Å². The third-order valence-corrected chi connectivity index (χ3v) is 2.15. The number of rotatable bonds is 6. The minimum Gasteiger partial charge on any atom is -0.389 e. The van der Waals surface area contributed by atoms with Gasteiger partial charge in [-0.15, -0.1) is 0 Å². The fraction of sp³-hybridized carbons (Fsp3) is 0.692. The van der Waals surface area contributed by atoms with Crippen molar-refractivity contribution < 1.29 is 5.11 Å². The van der Waals surface area contributed by atoms with Gasteiger partial charge in [-0.3, -0.25) is 0 Å². The first-order chi connectivity index (χ1) is 6.56. The molecule has 0 aliphatic rings. The molecule has 1 N–H and O–H groups in total. The molecule has 14 heavy (non-hydrogen) atoms. The van der Waals surface area contributed by atoms with Crippen molar-refractivity contribution in [2.24, 2.45) is 0 Å². The SMILES string of the molecule is CCCC(O)/C=C(\C)CCC=C(C)C. The molecule has 0 aromatic rings. The molecule has 0 bridgehead atoms. The highest BCUT2D eigenvalue weighted by Gasteiger charge is 1.98. The predicted octanol–water partition coefficient (Wildman–Crippen LogP) is 3.84. The van der Waals surface area contributed by atoms with E-state index in [2.05, 4.69) is 33.8 Å². The summed E-state index contributed by atoms with van der Waals surface area (Å²) in [5.74, 6) is 0. The van der Waals surface area contributed by atoms with Crippen molar-refractivity contribution in [3.05, 3.63) is 23.3 Å². The molecule has 1 nitrogen and oxygen atoms in total. The minimum absolute atomic E-state index is 0.244. The molecule has 0 amide bonds. The summed E-state index contributed by atoms with van der Waals surface area (Å²) in [6.07, 6.45) is 8.05. The van der Waals surface area contributed by atoms with Crippen molar-refractivity contribution in [1.29, 1.82) is 0 Å². The Labute approximate surface area is 88.5 Å². The summed E-state index contributed by atoms with van der Waals surface area (Å²) >= 11 is 0. The van der Waals surface area contributed by atoms with Gasteiger partial charge in [0, 0.05) is 0 Å². The zero-order valence-corrected chi connectivity index (χ0v) is 10.0. The highest BCUT2D eigenvalue weighted by molar-refractivity contribution is 5.04. The van der Waals surface area contributed by atoms with E-state index in [1.54, 1.807) is 0 Å². The summed E-state index contributed by atoms with van der Waals surface area (Å²) in [7, 11) is 0. The lowest BCUT2D eigenvalue weighted by Gasteiger charge is -2.05. The second-order valence-corrected chi connectivity index (χ2v) is 4.19. The van der Waals surface area contributed by atoms with E-state index in [-0.39, 0.29) is 6.10 Å². The van der Waals surface area contributed by atoms with Crippen molar-refractivity contribution in [3.63, 3.8) is 0 Å². The molecule has 1 atom stereocenters.